The molecule has 0 aromatic heterocycles. The molecule has 0 spiro atoms. The number of halogens is 1. The number of nitrogens with zero attached hydrogens (tertiary/aromatic N) is 1. The summed E-state index contributed by atoms with van der Waals surface area (Å²) in [5.74, 6) is 0. The van der Waals surface area contributed by atoms with E-state index in [9.17, 15) is 0 Å². The Kier molecular flexibility index (Phi) is 6.87. The Morgan fingerprint density at radius 2 is 1.84 bits per heavy atom. The molecule has 1 N–H and O–H groups in total. The molecule has 0 heterocycles. The zero-order valence-electron chi connectivity index (χ0n) is 12.8. The Bertz CT molecular complexity index is 386. The first-order chi connectivity index (χ1) is 8.99. The maximum absolute atomic E-state index is 3.69. The third-order valence-electron chi connectivity index (χ3n) is 3.63. The quantitative estimate of drug-likeness (QED) is 0.789. The van der Waals surface area contributed by atoms with Crippen LogP contribution >= 0.6 is 15.9 Å². The normalized spacial score (nSPS) is 11.4. The van der Waals surface area contributed by atoms with Gasteiger partial charge in [0.15, 0.2) is 0 Å². The molecule has 0 fully saturated rings. The van der Waals surface area contributed by atoms with Crippen molar-refractivity contribution in [3.63, 3.8) is 0 Å². The number of rotatable bonds is 7. The summed E-state index contributed by atoms with van der Waals surface area (Å²) in [5.41, 5.74) is 2.60. The van der Waals surface area contributed by atoms with Gasteiger partial charge in [-0.3, -0.25) is 0 Å². The lowest BCUT2D eigenvalue weighted by Crippen LogP contribution is -2.30. The average Bonchev–Trinajstić information content (AvgIpc) is 2.38. The molecular weight excluding hydrogens is 300 g/mol. The van der Waals surface area contributed by atoms with Gasteiger partial charge >= 0.3 is 0 Å². The molecule has 108 valence electrons. The van der Waals surface area contributed by atoms with Crippen molar-refractivity contribution in [3.8, 4) is 0 Å². The van der Waals surface area contributed by atoms with E-state index in [0.717, 1.165) is 6.54 Å². The summed E-state index contributed by atoms with van der Waals surface area (Å²) in [7, 11) is 2.19. The first-order valence-corrected chi connectivity index (χ1v) is 8.03. The van der Waals surface area contributed by atoms with Crippen molar-refractivity contribution < 1.29 is 0 Å². The van der Waals surface area contributed by atoms with Crippen LogP contribution < -0.4 is 10.2 Å². The lowest BCUT2D eigenvalue weighted by molar-refractivity contribution is 0.585. The summed E-state index contributed by atoms with van der Waals surface area (Å²) in [6.07, 6.45) is 2.36. The third kappa shape index (κ3) is 4.81. The zero-order valence-corrected chi connectivity index (χ0v) is 14.4. The van der Waals surface area contributed by atoms with Gasteiger partial charge in [-0.05, 0) is 30.5 Å². The average molecular weight is 327 g/mol. The van der Waals surface area contributed by atoms with Gasteiger partial charge in [-0.25, -0.2) is 0 Å². The summed E-state index contributed by atoms with van der Waals surface area (Å²) in [5, 5.41) is 3.45. The summed E-state index contributed by atoms with van der Waals surface area (Å²) in [6.45, 7) is 9.75. The molecule has 0 radical (unpaired) electrons. The van der Waals surface area contributed by atoms with Gasteiger partial charge in [-0.15, -0.1) is 0 Å². The molecule has 0 amide bonds. The lowest BCUT2D eigenvalue weighted by atomic mass is 10.1. The predicted molar refractivity (Wildman–Crippen MR) is 88.9 cm³/mol. The van der Waals surface area contributed by atoms with Crippen LogP contribution in [0, 0.1) is 0 Å². The molecule has 0 saturated carbocycles. The van der Waals surface area contributed by atoms with Crippen LogP contribution in [0.15, 0.2) is 22.7 Å². The molecule has 1 rings (SSSR count). The maximum Gasteiger partial charge on any atom is 0.0377 e. The van der Waals surface area contributed by atoms with E-state index in [4.69, 9.17) is 0 Å². The van der Waals surface area contributed by atoms with E-state index in [1.807, 2.05) is 0 Å². The minimum absolute atomic E-state index is 0.513. The topological polar surface area (TPSA) is 15.3 Å². The highest BCUT2D eigenvalue weighted by atomic mass is 79.9. The van der Waals surface area contributed by atoms with Crippen molar-refractivity contribution in [1.82, 2.24) is 5.32 Å². The van der Waals surface area contributed by atoms with Gasteiger partial charge in [-0.2, -0.15) is 0 Å². The van der Waals surface area contributed by atoms with Gasteiger partial charge in [0, 0.05) is 35.8 Å². The van der Waals surface area contributed by atoms with E-state index < -0.39 is 0 Å². The molecule has 19 heavy (non-hydrogen) atoms. The summed E-state index contributed by atoms with van der Waals surface area (Å²) in [6, 6.07) is 7.80. The molecule has 1 aromatic rings. The highest BCUT2D eigenvalue weighted by Crippen LogP contribution is 2.26. The number of anilines is 1. The van der Waals surface area contributed by atoms with Gasteiger partial charge in [0.1, 0.15) is 0 Å². The standard InChI is InChI=1S/C16H27BrN2/c1-6-14(7-2)19(5)15-9-8-13(16(17)10-15)11-18-12(3)4/h8-10,12,14,18H,6-7,11H2,1-5H3. The monoisotopic (exact) mass is 326 g/mol. The minimum Gasteiger partial charge on any atom is -0.372 e. The second kappa shape index (κ2) is 7.91. The van der Waals surface area contributed by atoms with E-state index in [1.165, 1.54) is 28.6 Å². The van der Waals surface area contributed by atoms with Crippen molar-refractivity contribution in [2.75, 3.05) is 11.9 Å². The van der Waals surface area contributed by atoms with Gasteiger partial charge in [-0.1, -0.05) is 49.7 Å². The van der Waals surface area contributed by atoms with E-state index in [0.29, 0.717) is 12.1 Å². The van der Waals surface area contributed by atoms with E-state index in [1.54, 1.807) is 0 Å². The summed E-state index contributed by atoms with van der Waals surface area (Å²) in [4.78, 5) is 2.38. The van der Waals surface area contributed by atoms with Crippen molar-refractivity contribution in [1.29, 1.82) is 0 Å². The van der Waals surface area contributed by atoms with Gasteiger partial charge in [0.05, 0.1) is 0 Å². The molecule has 0 aliphatic rings. The fourth-order valence-electron chi connectivity index (χ4n) is 2.26. The van der Waals surface area contributed by atoms with E-state index in [2.05, 4.69) is 79.1 Å². The van der Waals surface area contributed by atoms with Gasteiger partial charge in [0.25, 0.3) is 0 Å². The van der Waals surface area contributed by atoms with Crippen molar-refractivity contribution in [2.45, 2.75) is 59.2 Å². The Labute approximate surface area is 126 Å². The van der Waals surface area contributed by atoms with Crippen molar-refractivity contribution in [3.05, 3.63) is 28.2 Å². The van der Waals surface area contributed by atoms with Crippen LogP contribution in [-0.2, 0) is 6.54 Å². The molecule has 2 nitrogen and oxygen atoms in total. The fourth-order valence-corrected chi connectivity index (χ4v) is 2.77. The Morgan fingerprint density at radius 1 is 1.21 bits per heavy atom. The predicted octanol–water partition coefficient (Wildman–Crippen LogP) is 4.57. The molecule has 1 aromatic carbocycles. The van der Waals surface area contributed by atoms with Crippen LogP contribution in [0.2, 0.25) is 0 Å². The van der Waals surface area contributed by atoms with Crippen molar-refractivity contribution in [2.24, 2.45) is 0 Å². The molecule has 0 saturated heterocycles. The minimum atomic E-state index is 0.513. The smallest absolute Gasteiger partial charge is 0.0377 e. The summed E-state index contributed by atoms with van der Waals surface area (Å²) < 4.78 is 1.19. The van der Waals surface area contributed by atoms with Crippen LogP contribution in [0.5, 0.6) is 0 Å². The Hall–Kier alpha value is -0.540. The van der Waals surface area contributed by atoms with Crippen molar-refractivity contribution >= 4 is 21.6 Å². The lowest BCUT2D eigenvalue weighted by Gasteiger charge is -2.29. The molecule has 0 aliphatic heterocycles. The third-order valence-corrected chi connectivity index (χ3v) is 4.37. The molecule has 0 aliphatic carbocycles. The molecule has 0 bridgehead atoms. The fraction of sp³-hybridized carbons (Fsp3) is 0.625. The summed E-state index contributed by atoms with van der Waals surface area (Å²) >= 11 is 3.69. The number of hydrogen-bond acceptors (Lipinski definition) is 2. The van der Waals surface area contributed by atoms with Crippen LogP contribution in [0.1, 0.15) is 46.1 Å². The van der Waals surface area contributed by atoms with E-state index >= 15 is 0 Å². The first kappa shape index (κ1) is 16.5. The van der Waals surface area contributed by atoms with Crippen LogP contribution in [0.3, 0.4) is 0 Å². The maximum atomic E-state index is 3.69. The van der Waals surface area contributed by atoms with Crippen LogP contribution in [0.4, 0.5) is 5.69 Å². The van der Waals surface area contributed by atoms with Gasteiger partial charge < -0.3 is 10.2 Å². The molecule has 0 unspecified atom stereocenters. The second-order valence-electron chi connectivity index (χ2n) is 5.39. The Morgan fingerprint density at radius 3 is 2.32 bits per heavy atom. The second-order valence-corrected chi connectivity index (χ2v) is 6.25. The molecule has 3 heteroatoms. The first-order valence-electron chi connectivity index (χ1n) is 7.24. The number of hydrogen-bond donors (Lipinski definition) is 1. The number of benzene rings is 1. The Balaban J connectivity index is 2.81. The van der Waals surface area contributed by atoms with Crippen LogP contribution in [-0.4, -0.2) is 19.1 Å². The zero-order chi connectivity index (χ0) is 14.4. The number of nitrogens with one attached hydrogen (secondary N) is 1. The molecular formula is C16H27BrN2. The van der Waals surface area contributed by atoms with Gasteiger partial charge in [0.2, 0.25) is 0 Å². The largest absolute Gasteiger partial charge is 0.372 e. The van der Waals surface area contributed by atoms with Crippen LogP contribution in [0.25, 0.3) is 0 Å². The van der Waals surface area contributed by atoms with E-state index in [-0.39, 0.29) is 0 Å². The molecule has 0 atom stereocenters. The SMILES string of the molecule is CCC(CC)N(C)c1ccc(CNC(C)C)c(Br)c1. The highest BCUT2D eigenvalue weighted by molar-refractivity contribution is 9.10. The highest BCUT2D eigenvalue weighted by Gasteiger charge is 2.12.